The van der Waals surface area contributed by atoms with Crippen LogP contribution in [0.2, 0.25) is 0 Å². The minimum Gasteiger partial charge on any atom is -0.496 e. The molecular weight excluding hydrogens is 236 g/mol. The van der Waals surface area contributed by atoms with Crippen LogP contribution >= 0.6 is 0 Å². The lowest BCUT2D eigenvalue weighted by Crippen LogP contribution is -2.17. The molecule has 0 aromatic heterocycles. The van der Waals surface area contributed by atoms with Gasteiger partial charge in [0.25, 0.3) is 0 Å². The summed E-state index contributed by atoms with van der Waals surface area (Å²) in [4.78, 5) is 0. The third kappa shape index (κ3) is 2.24. The van der Waals surface area contributed by atoms with Crippen molar-refractivity contribution in [2.75, 3.05) is 13.7 Å². The summed E-state index contributed by atoms with van der Waals surface area (Å²) in [7, 11) is 1.72. The summed E-state index contributed by atoms with van der Waals surface area (Å²) in [6.45, 7) is 2.87. The Morgan fingerprint density at radius 3 is 2.68 bits per heavy atom. The summed E-state index contributed by atoms with van der Waals surface area (Å²) in [5.74, 6) is 0.935. The van der Waals surface area contributed by atoms with E-state index in [0.717, 1.165) is 18.8 Å². The summed E-state index contributed by atoms with van der Waals surface area (Å²) in [5.41, 5.74) is 5.00. The van der Waals surface area contributed by atoms with E-state index in [9.17, 15) is 0 Å². The summed E-state index contributed by atoms with van der Waals surface area (Å²) >= 11 is 0. The predicted octanol–water partition coefficient (Wildman–Crippen LogP) is 3.67. The standard InChI is InChI=1S/C17H18O2/c1-12-10-14-8-9-19-17(13-6-4-3-5-7-13)15(14)11-16(12)18-2/h3-7,10-11,17H,8-9H2,1-2H3. The molecule has 0 spiro atoms. The molecule has 2 aromatic carbocycles. The van der Waals surface area contributed by atoms with E-state index in [1.165, 1.54) is 22.3 Å². The van der Waals surface area contributed by atoms with Gasteiger partial charge in [0.15, 0.2) is 0 Å². The van der Waals surface area contributed by atoms with Crippen LogP contribution in [0.4, 0.5) is 0 Å². The molecule has 0 N–H and O–H groups in total. The molecule has 2 aromatic rings. The Bertz CT molecular complexity index is 575. The van der Waals surface area contributed by atoms with Crippen molar-refractivity contribution in [3.8, 4) is 5.75 Å². The number of hydrogen-bond donors (Lipinski definition) is 0. The van der Waals surface area contributed by atoms with Crippen molar-refractivity contribution in [1.29, 1.82) is 0 Å². The highest BCUT2D eigenvalue weighted by Crippen LogP contribution is 2.36. The van der Waals surface area contributed by atoms with Crippen LogP contribution in [0.15, 0.2) is 42.5 Å². The van der Waals surface area contributed by atoms with Crippen LogP contribution in [0.1, 0.15) is 28.4 Å². The van der Waals surface area contributed by atoms with Crippen LogP contribution < -0.4 is 4.74 Å². The molecule has 1 unspecified atom stereocenters. The van der Waals surface area contributed by atoms with Crippen molar-refractivity contribution in [3.05, 3.63) is 64.7 Å². The third-order valence-electron chi connectivity index (χ3n) is 3.70. The monoisotopic (exact) mass is 254 g/mol. The average Bonchev–Trinajstić information content (AvgIpc) is 2.46. The molecule has 0 saturated carbocycles. The van der Waals surface area contributed by atoms with E-state index >= 15 is 0 Å². The largest absolute Gasteiger partial charge is 0.496 e. The second kappa shape index (κ2) is 5.06. The normalized spacial score (nSPS) is 17.9. The van der Waals surface area contributed by atoms with Gasteiger partial charge in [0.05, 0.1) is 13.7 Å². The zero-order valence-electron chi connectivity index (χ0n) is 11.3. The molecule has 1 heterocycles. The van der Waals surface area contributed by atoms with Gasteiger partial charge < -0.3 is 9.47 Å². The lowest BCUT2D eigenvalue weighted by atomic mass is 9.91. The van der Waals surface area contributed by atoms with E-state index < -0.39 is 0 Å². The molecule has 19 heavy (non-hydrogen) atoms. The van der Waals surface area contributed by atoms with Crippen molar-refractivity contribution < 1.29 is 9.47 Å². The quantitative estimate of drug-likeness (QED) is 0.814. The number of ether oxygens (including phenoxy) is 2. The van der Waals surface area contributed by atoms with Crippen molar-refractivity contribution >= 4 is 0 Å². The molecule has 1 aliphatic rings. The second-order valence-corrected chi connectivity index (χ2v) is 4.93. The van der Waals surface area contributed by atoms with Crippen molar-refractivity contribution in [1.82, 2.24) is 0 Å². The second-order valence-electron chi connectivity index (χ2n) is 4.93. The Morgan fingerprint density at radius 2 is 1.95 bits per heavy atom. The number of hydrogen-bond acceptors (Lipinski definition) is 2. The fourth-order valence-corrected chi connectivity index (χ4v) is 2.72. The van der Waals surface area contributed by atoms with Gasteiger partial charge in [-0.3, -0.25) is 0 Å². The lowest BCUT2D eigenvalue weighted by Gasteiger charge is -2.27. The first-order valence-electron chi connectivity index (χ1n) is 6.63. The molecule has 0 radical (unpaired) electrons. The Kier molecular flexibility index (Phi) is 3.26. The predicted molar refractivity (Wildman–Crippen MR) is 75.7 cm³/mol. The molecule has 0 amide bonds. The molecule has 0 saturated heterocycles. The number of fused-ring (bicyclic) bond motifs is 1. The fraction of sp³-hybridized carbons (Fsp3) is 0.294. The molecule has 1 aliphatic heterocycles. The van der Waals surface area contributed by atoms with Gasteiger partial charge in [-0.2, -0.15) is 0 Å². The minimum atomic E-state index is 0.0273. The Hall–Kier alpha value is -1.80. The van der Waals surface area contributed by atoms with Gasteiger partial charge in [-0.1, -0.05) is 36.4 Å². The SMILES string of the molecule is COc1cc2c(cc1C)CCOC2c1ccccc1. The zero-order valence-corrected chi connectivity index (χ0v) is 11.3. The maximum absolute atomic E-state index is 5.97. The Morgan fingerprint density at radius 1 is 1.16 bits per heavy atom. The molecule has 2 heteroatoms. The highest BCUT2D eigenvalue weighted by atomic mass is 16.5. The summed E-state index contributed by atoms with van der Waals surface area (Å²) < 4.78 is 11.4. The summed E-state index contributed by atoms with van der Waals surface area (Å²) in [6, 6.07) is 14.7. The highest BCUT2D eigenvalue weighted by Gasteiger charge is 2.23. The molecular formula is C17H18O2. The van der Waals surface area contributed by atoms with Crippen molar-refractivity contribution in [2.24, 2.45) is 0 Å². The first-order chi connectivity index (χ1) is 9.29. The third-order valence-corrected chi connectivity index (χ3v) is 3.70. The van der Waals surface area contributed by atoms with Crippen molar-refractivity contribution in [2.45, 2.75) is 19.4 Å². The maximum atomic E-state index is 5.97. The highest BCUT2D eigenvalue weighted by molar-refractivity contribution is 5.46. The smallest absolute Gasteiger partial charge is 0.122 e. The molecule has 0 bridgehead atoms. The molecule has 0 aliphatic carbocycles. The summed E-state index contributed by atoms with van der Waals surface area (Å²) in [5, 5.41) is 0. The van der Waals surface area contributed by atoms with Crippen LogP contribution in [0.3, 0.4) is 0 Å². The van der Waals surface area contributed by atoms with Crippen LogP contribution in [0, 0.1) is 6.92 Å². The van der Waals surface area contributed by atoms with Gasteiger partial charge in [0.2, 0.25) is 0 Å². The van der Waals surface area contributed by atoms with Gasteiger partial charge in [0.1, 0.15) is 11.9 Å². The Balaban J connectivity index is 2.09. The molecule has 1 atom stereocenters. The van der Waals surface area contributed by atoms with Gasteiger partial charge in [-0.15, -0.1) is 0 Å². The van der Waals surface area contributed by atoms with E-state index in [-0.39, 0.29) is 6.10 Å². The number of rotatable bonds is 2. The van der Waals surface area contributed by atoms with E-state index in [2.05, 4.69) is 43.3 Å². The van der Waals surface area contributed by atoms with Gasteiger partial charge >= 0.3 is 0 Å². The number of benzene rings is 2. The maximum Gasteiger partial charge on any atom is 0.122 e. The van der Waals surface area contributed by atoms with Crippen LogP contribution in [0.25, 0.3) is 0 Å². The van der Waals surface area contributed by atoms with E-state index in [0.29, 0.717) is 0 Å². The van der Waals surface area contributed by atoms with E-state index in [4.69, 9.17) is 9.47 Å². The average molecular weight is 254 g/mol. The van der Waals surface area contributed by atoms with Gasteiger partial charge in [-0.25, -0.2) is 0 Å². The summed E-state index contributed by atoms with van der Waals surface area (Å²) in [6.07, 6.45) is 1.00. The number of aryl methyl sites for hydroxylation is 1. The molecule has 98 valence electrons. The van der Waals surface area contributed by atoms with E-state index in [1.54, 1.807) is 7.11 Å². The van der Waals surface area contributed by atoms with Crippen LogP contribution in [-0.4, -0.2) is 13.7 Å². The first kappa shape index (κ1) is 12.2. The van der Waals surface area contributed by atoms with E-state index in [1.807, 2.05) is 6.07 Å². The zero-order chi connectivity index (χ0) is 13.2. The fourth-order valence-electron chi connectivity index (χ4n) is 2.72. The minimum absolute atomic E-state index is 0.0273. The lowest BCUT2D eigenvalue weighted by molar-refractivity contribution is 0.0696. The Labute approximate surface area is 114 Å². The molecule has 0 fully saturated rings. The van der Waals surface area contributed by atoms with Crippen LogP contribution in [0.5, 0.6) is 5.75 Å². The van der Waals surface area contributed by atoms with Crippen molar-refractivity contribution in [3.63, 3.8) is 0 Å². The van der Waals surface area contributed by atoms with Gasteiger partial charge in [-0.05, 0) is 41.7 Å². The molecule has 3 rings (SSSR count). The number of methoxy groups -OCH3 is 1. The molecule has 2 nitrogen and oxygen atoms in total. The first-order valence-corrected chi connectivity index (χ1v) is 6.63. The van der Waals surface area contributed by atoms with Gasteiger partial charge in [0, 0.05) is 0 Å². The topological polar surface area (TPSA) is 18.5 Å². The van der Waals surface area contributed by atoms with Crippen LogP contribution in [-0.2, 0) is 11.2 Å².